The number of nitrogens with two attached hydrogens (primary N) is 2. The highest BCUT2D eigenvalue weighted by molar-refractivity contribution is 7.21. The highest BCUT2D eigenvalue weighted by atomic mass is 32.1. The Kier molecular flexibility index (Phi) is 5.10. The number of anilines is 1. The topological polar surface area (TPSA) is 129 Å². The average Bonchev–Trinajstić information content (AvgIpc) is 2.87. The van der Waals surface area contributed by atoms with E-state index in [1.165, 1.54) is 11.3 Å². The third-order valence-corrected chi connectivity index (χ3v) is 6.25. The Morgan fingerprint density at radius 3 is 2.55 bits per heavy atom. The van der Waals surface area contributed by atoms with Gasteiger partial charge in [-0.2, -0.15) is 0 Å². The first kappa shape index (κ1) is 19.2. The number of aromatic nitrogens is 1. The summed E-state index contributed by atoms with van der Waals surface area (Å²) in [7, 11) is 0. The van der Waals surface area contributed by atoms with Crippen molar-refractivity contribution in [1.82, 2.24) is 4.98 Å². The van der Waals surface area contributed by atoms with Crippen LogP contribution in [0.2, 0.25) is 0 Å². The Bertz CT molecular complexity index is 1110. The number of nitrogens with zero attached hydrogens (tertiary/aromatic N) is 1. The summed E-state index contributed by atoms with van der Waals surface area (Å²) >= 11 is 1.23. The molecule has 0 atom stereocenters. The molecule has 1 aliphatic rings. The second-order valence-electron chi connectivity index (χ2n) is 7.07. The maximum Gasteiger partial charge on any atom is 0.341 e. The minimum atomic E-state index is -1.03. The first-order valence-corrected chi connectivity index (χ1v) is 10.3. The number of primary amides is 1. The molecular formula is C21H21N3O4S. The number of carbonyl (C=O) groups excluding carboxylic acids is 1. The normalized spacial score (nSPS) is 13.7. The van der Waals surface area contributed by atoms with Gasteiger partial charge >= 0.3 is 5.97 Å². The second-order valence-corrected chi connectivity index (χ2v) is 8.07. The number of nitrogen functional groups attached to an aromatic ring is 1. The zero-order chi connectivity index (χ0) is 20.5. The van der Waals surface area contributed by atoms with Gasteiger partial charge in [0.2, 0.25) is 0 Å². The number of rotatable bonds is 5. The second kappa shape index (κ2) is 7.71. The van der Waals surface area contributed by atoms with Gasteiger partial charge < -0.3 is 21.3 Å². The highest BCUT2D eigenvalue weighted by Gasteiger charge is 2.24. The number of ether oxygens (including phenoxy) is 1. The summed E-state index contributed by atoms with van der Waals surface area (Å²) in [6, 6.07) is 7.26. The first-order chi connectivity index (χ1) is 14.0. The molecule has 29 heavy (non-hydrogen) atoms. The molecule has 0 spiro atoms. The lowest BCUT2D eigenvalue weighted by molar-refractivity contribution is -0.139. The van der Waals surface area contributed by atoms with Crippen LogP contribution in [0.3, 0.4) is 0 Å². The molecule has 0 saturated carbocycles. The number of fused-ring (bicyclic) bond motifs is 2. The zero-order valence-corrected chi connectivity index (χ0v) is 16.6. The van der Waals surface area contributed by atoms with Crippen LogP contribution in [0.4, 0.5) is 5.69 Å². The van der Waals surface area contributed by atoms with Crippen LogP contribution in [0, 0.1) is 0 Å². The van der Waals surface area contributed by atoms with E-state index >= 15 is 0 Å². The van der Waals surface area contributed by atoms with Gasteiger partial charge in [0.25, 0.3) is 5.91 Å². The predicted octanol–water partition coefficient (Wildman–Crippen LogP) is 3.38. The molecule has 150 valence electrons. The van der Waals surface area contributed by atoms with Crippen molar-refractivity contribution in [3.8, 4) is 16.9 Å². The van der Waals surface area contributed by atoms with E-state index < -0.39 is 18.5 Å². The smallest absolute Gasteiger partial charge is 0.341 e. The van der Waals surface area contributed by atoms with Gasteiger partial charge in [-0.25, -0.2) is 9.78 Å². The van der Waals surface area contributed by atoms with Gasteiger partial charge in [0.05, 0.1) is 5.69 Å². The number of pyridine rings is 1. The molecule has 0 bridgehead atoms. The summed E-state index contributed by atoms with van der Waals surface area (Å²) in [5.41, 5.74) is 16.4. The van der Waals surface area contributed by atoms with Crippen LogP contribution in [0.15, 0.2) is 24.3 Å². The van der Waals surface area contributed by atoms with E-state index in [9.17, 15) is 9.59 Å². The van der Waals surface area contributed by atoms with Gasteiger partial charge in [0, 0.05) is 11.1 Å². The minimum absolute atomic E-state index is 0.329. The Hall–Kier alpha value is -3.13. The van der Waals surface area contributed by atoms with Crippen LogP contribution < -0.4 is 16.2 Å². The average molecular weight is 411 g/mol. The Labute approximate surface area is 171 Å². The predicted molar refractivity (Wildman–Crippen MR) is 112 cm³/mol. The van der Waals surface area contributed by atoms with Crippen LogP contribution in [0.25, 0.3) is 21.3 Å². The lowest BCUT2D eigenvalue weighted by Gasteiger charge is -2.15. The van der Waals surface area contributed by atoms with Gasteiger partial charge in [0.1, 0.15) is 15.5 Å². The van der Waals surface area contributed by atoms with E-state index in [1.807, 2.05) is 12.1 Å². The van der Waals surface area contributed by atoms with E-state index in [1.54, 1.807) is 12.1 Å². The lowest BCUT2D eigenvalue weighted by atomic mass is 9.92. The summed E-state index contributed by atoms with van der Waals surface area (Å²) < 4.78 is 5.24. The molecule has 3 aromatic rings. The van der Waals surface area contributed by atoms with E-state index in [-0.39, 0.29) is 0 Å². The number of hydrogen-bond acceptors (Lipinski definition) is 6. The van der Waals surface area contributed by atoms with Crippen molar-refractivity contribution in [2.45, 2.75) is 32.1 Å². The number of aryl methyl sites for hydroxylation is 1. The van der Waals surface area contributed by atoms with Crippen LogP contribution in [-0.2, 0) is 17.6 Å². The molecule has 1 amide bonds. The molecule has 1 aliphatic carbocycles. The lowest BCUT2D eigenvalue weighted by Crippen LogP contribution is -2.10. The fraction of sp³-hybridized carbons (Fsp3) is 0.286. The number of hydrogen-bond donors (Lipinski definition) is 3. The van der Waals surface area contributed by atoms with E-state index in [2.05, 4.69) is 0 Å². The molecule has 0 saturated heterocycles. The molecule has 2 heterocycles. The molecule has 7 nitrogen and oxygen atoms in total. The first-order valence-electron chi connectivity index (χ1n) is 9.44. The van der Waals surface area contributed by atoms with E-state index in [0.29, 0.717) is 16.3 Å². The summed E-state index contributed by atoms with van der Waals surface area (Å²) in [5, 5.41) is 9.55. The Balaban J connectivity index is 1.90. The SMILES string of the molecule is NC(=O)c1sc2nc3c(c(-c4ccc(OCC(=O)O)cc4)c2c1N)CCCCC3. The largest absolute Gasteiger partial charge is 0.482 e. The summed E-state index contributed by atoms with van der Waals surface area (Å²) in [6.07, 6.45) is 5.08. The van der Waals surface area contributed by atoms with E-state index in [0.717, 1.165) is 64.7 Å². The van der Waals surface area contributed by atoms with Crippen LogP contribution in [0.1, 0.15) is 40.2 Å². The third-order valence-electron chi connectivity index (χ3n) is 5.13. The number of benzene rings is 1. The van der Waals surface area contributed by atoms with E-state index in [4.69, 9.17) is 26.3 Å². The van der Waals surface area contributed by atoms with Crippen molar-refractivity contribution in [3.05, 3.63) is 40.4 Å². The molecular weight excluding hydrogens is 390 g/mol. The molecule has 0 unspecified atom stereocenters. The summed E-state index contributed by atoms with van der Waals surface area (Å²) in [5.74, 6) is -1.10. The number of carboxylic acids is 1. The standard InChI is InChI=1S/C21H21N3O4S/c22-18-17-16(11-6-8-12(9-7-11)28-10-15(25)26)13-4-2-1-3-5-14(13)24-21(17)29-19(18)20(23)27/h6-9H,1-5,10,22H2,(H2,23,27)(H,25,26). The van der Waals surface area contributed by atoms with Gasteiger partial charge in [0.15, 0.2) is 6.61 Å². The van der Waals surface area contributed by atoms with Crippen LogP contribution >= 0.6 is 11.3 Å². The maximum absolute atomic E-state index is 11.8. The molecule has 0 fully saturated rings. The fourth-order valence-corrected chi connectivity index (χ4v) is 4.82. The molecule has 4 rings (SSSR count). The number of carboxylic acid groups (broad SMARTS) is 1. The molecule has 0 aliphatic heterocycles. The number of carbonyl (C=O) groups is 2. The molecule has 0 radical (unpaired) electrons. The summed E-state index contributed by atoms with van der Waals surface area (Å²) in [6.45, 7) is -0.395. The molecule has 5 N–H and O–H groups in total. The van der Waals surface area contributed by atoms with Gasteiger partial charge in [-0.15, -0.1) is 11.3 Å². The summed E-state index contributed by atoms with van der Waals surface area (Å²) in [4.78, 5) is 28.4. The number of amides is 1. The van der Waals surface area contributed by atoms with Crippen LogP contribution in [-0.4, -0.2) is 28.6 Å². The van der Waals surface area contributed by atoms with Crippen molar-refractivity contribution < 1.29 is 19.4 Å². The Morgan fingerprint density at radius 2 is 1.86 bits per heavy atom. The van der Waals surface area contributed by atoms with Gasteiger partial charge in [-0.05, 0) is 54.5 Å². The molecule has 8 heteroatoms. The zero-order valence-electron chi connectivity index (χ0n) is 15.7. The van der Waals surface area contributed by atoms with Crippen molar-refractivity contribution in [3.63, 3.8) is 0 Å². The van der Waals surface area contributed by atoms with Crippen molar-refractivity contribution in [2.75, 3.05) is 12.3 Å². The minimum Gasteiger partial charge on any atom is -0.482 e. The van der Waals surface area contributed by atoms with Crippen molar-refractivity contribution in [1.29, 1.82) is 0 Å². The maximum atomic E-state index is 11.8. The molecule has 2 aromatic heterocycles. The fourth-order valence-electron chi connectivity index (χ4n) is 3.85. The van der Waals surface area contributed by atoms with Crippen molar-refractivity contribution in [2.24, 2.45) is 5.73 Å². The monoisotopic (exact) mass is 411 g/mol. The third kappa shape index (κ3) is 3.63. The van der Waals surface area contributed by atoms with Crippen LogP contribution in [0.5, 0.6) is 5.75 Å². The molecule has 1 aromatic carbocycles. The van der Waals surface area contributed by atoms with Crippen molar-refractivity contribution >= 4 is 39.1 Å². The highest BCUT2D eigenvalue weighted by Crippen LogP contribution is 2.43. The number of aliphatic carboxylic acids is 1. The van der Waals surface area contributed by atoms with Gasteiger partial charge in [-0.3, -0.25) is 4.79 Å². The Morgan fingerprint density at radius 1 is 1.14 bits per heavy atom. The quantitative estimate of drug-likeness (QED) is 0.552. The van der Waals surface area contributed by atoms with Gasteiger partial charge in [-0.1, -0.05) is 18.6 Å². The number of thiophene rings is 1.